The number of aryl methyl sites for hydroxylation is 1. The number of hydrogen-bond acceptors (Lipinski definition) is 4. The number of carbonyl (C=O) groups is 1. The van der Waals surface area contributed by atoms with Crippen LogP contribution in [0.1, 0.15) is 54.4 Å². The number of hydrogen-bond donors (Lipinski definition) is 0. The van der Waals surface area contributed by atoms with Crippen molar-refractivity contribution in [1.29, 1.82) is 0 Å². The van der Waals surface area contributed by atoms with Crippen molar-refractivity contribution < 1.29 is 9.21 Å². The highest BCUT2D eigenvalue weighted by Gasteiger charge is 2.45. The minimum Gasteiger partial charge on any atom is -0.448 e. The lowest BCUT2D eigenvalue weighted by atomic mass is 9.74. The van der Waals surface area contributed by atoms with Gasteiger partial charge in [-0.3, -0.25) is 9.69 Å². The Balaban J connectivity index is 1.31. The monoisotopic (exact) mass is 393 g/mol. The lowest BCUT2D eigenvalue weighted by Gasteiger charge is -2.55. The predicted octanol–water partition coefficient (Wildman–Crippen LogP) is 3.79. The third kappa shape index (κ3) is 3.61. The summed E-state index contributed by atoms with van der Waals surface area (Å²) in [6.07, 6.45) is 8.41. The van der Waals surface area contributed by atoms with Crippen molar-refractivity contribution in [2.75, 3.05) is 19.6 Å². The lowest BCUT2D eigenvalue weighted by Crippen LogP contribution is -2.62. The van der Waals surface area contributed by atoms with E-state index in [1.165, 1.54) is 37.6 Å². The first kappa shape index (κ1) is 18.9. The van der Waals surface area contributed by atoms with E-state index >= 15 is 0 Å². The van der Waals surface area contributed by atoms with E-state index in [4.69, 9.17) is 4.42 Å². The van der Waals surface area contributed by atoms with Crippen molar-refractivity contribution in [2.45, 2.75) is 57.5 Å². The molecule has 2 bridgehead atoms. The molecule has 29 heavy (non-hydrogen) atoms. The van der Waals surface area contributed by atoms with E-state index in [0.717, 1.165) is 26.1 Å². The number of oxazole rings is 1. The second-order valence-electron chi connectivity index (χ2n) is 9.09. The van der Waals surface area contributed by atoms with Gasteiger partial charge in [0, 0.05) is 38.1 Å². The molecular formula is C24H31N3O2. The fourth-order valence-corrected chi connectivity index (χ4v) is 6.03. The van der Waals surface area contributed by atoms with Gasteiger partial charge in [-0.15, -0.1) is 0 Å². The Hall–Kier alpha value is -2.14. The predicted molar refractivity (Wildman–Crippen MR) is 112 cm³/mol. The standard InChI is InChI=1S/C24H31N3O2/c1-2-22-23(25-16-29-22)24(28)26-13-18-11-19(15-26)21-10-6-9-20(27(21)14-18)12-17-7-4-3-5-8-17/h3-5,7-8,16,18-21H,2,6,9-15H2,1H3/t18-,19+,20+,21-/m0/s1. The maximum atomic E-state index is 13.1. The average molecular weight is 394 g/mol. The summed E-state index contributed by atoms with van der Waals surface area (Å²) >= 11 is 0. The van der Waals surface area contributed by atoms with Crippen LogP contribution in [0.2, 0.25) is 0 Å². The lowest BCUT2D eigenvalue weighted by molar-refractivity contribution is -0.0500. The Bertz CT molecular complexity index is 849. The van der Waals surface area contributed by atoms with Crippen molar-refractivity contribution in [3.63, 3.8) is 0 Å². The Morgan fingerprint density at radius 1 is 1.17 bits per heavy atom. The first-order valence-electron chi connectivity index (χ1n) is 11.2. The number of piperidine rings is 3. The summed E-state index contributed by atoms with van der Waals surface area (Å²) in [5, 5.41) is 0. The fourth-order valence-electron chi connectivity index (χ4n) is 6.03. The molecule has 5 heteroatoms. The van der Waals surface area contributed by atoms with Gasteiger partial charge in [0.25, 0.3) is 5.91 Å². The maximum Gasteiger partial charge on any atom is 0.276 e. The minimum atomic E-state index is 0.0652. The van der Waals surface area contributed by atoms with Crippen molar-refractivity contribution >= 4 is 5.91 Å². The van der Waals surface area contributed by atoms with Crippen molar-refractivity contribution in [1.82, 2.24) is 14.8 Å². The van der Waals surface area contributed by atoms with E-state index < -0.39 is 0 Å². The molecule has 3 aliphatic rings. The molecule has 2 aromatic rings. The van der Waals surface area contributed by atoms with Crippen molar-refractivity contribution in [2.24, 2.45) is 11.8 Å². The molecule has 1 aromatic carbocycles. The van der Waals surface area contributed by atoms with Crippen LogP contribution < -0.4 is 0 Å². The second-order valence-corrected chi connectivity index (χ2v) is 9.09. The molecule has 0 saturated carbocycles. The zero-order chi connectivity index (χ0) is 19.8. The van der Waals surface area contributed by atoms with E-state index in [-0.39, 0.29) is 5.91 Å². The largest absolute Gasteiger partial charge is 0.448 e. The third-order valence-electron chi connectivity index (χ3n) is 7.28. The molecule has 5 rings (SSSR count). The number of likely N-dealkylation sites (tertiary alicyclic amines) is 1. The third-order valence-corrected chi connectivity index (χ3v) is 7.28. The van der Waals surface area contributed by atoms with Crippen LogP contribution in [-0.2, 0) is 12.8 Å². The number of benzene rings is 1. The van der Waals surface area contributed by atoms with E-state index in [1.54, 1.807) is 0 Å². The van der Waals surface area contributed by atoms with E-state index in [9.17, 15) is 4.79 Å². The first-order chi connectivity index (χ1) is 14.2. The Labute approximate surface area is 173 Å². The van der Waals surface area contributed by atoms with Gasteiger partial charge in [-0.05, 0) is 43.1 Å². The molecule has 154 valence electrons. The molecule has 3 aliphatic heterocycles. The highest BCUT2D eigenvalue weighted by atomic mass is 16.3. The summed E-state index contributed by atoms with van der Waals surface area (Å²) in [7, 11) is 0. The molecule has 1 amide bonds. The summed E-state index contributed by atoms with van der Waals surface area (Å²) in [5.74, 6) is 1.94. The molecule has 4 heterocycles. The average Bonchev–Trinajstić information content (AvgIpc) is 3.23. The van der Waals surface area contributed by atoms with Crippen LogP contribution in [0.5, 0.6) is 0 Å². The number of aromatic nitrogens is 1. The Morgan fingerprint density at radius 2 is 2.03 bits per heavy atom. The van der Waals surface area contributed by atoms with Crippen LogP contribution in [0.15, 0.2) is 41.1 Å². The summed E-state index contributed by atoms with van der Waals surface area (Å²) in [5.41, 5.74) is 1.97. The van der Waals surface area contributed by atoms with Crippen molar-refractivity contribution in [3.8, 4) is 0 Å². The minimum absolute atomic E-state index is 0.0652. The highest BCUT2D eigenvalue weighted by molar-refractivity contribution is 5.93. The fraction of sp³-hybridized carbons (Fsp3) is 0.583. The van der Waals surface area contributed by atoms with E-state index in [1.807, 2.05) is 6.92 Å². The molecule has 4 atom stereocenters. The van der Waals surface area contributed by atoms with Crippen LogP contribution in [0, 0.1) is 11.8 Å². The Kier molecular flexibility index (Phi) is 5.17. The molecule has 3 fully saturated rings. The summed E-state index contributed by atoms with van der Waals surface area (Å²) < 4.78 is 5.41. The normalized spacial score (nSPS) is 29.5. The molecule has 0 aliphatic carbocycles. The summed E-state index contributed by atoms with van der Waals surface area (Å²) in [6, 6.07) is 12.2. The Morgan fingerprint density at radius 3 is 2.86 bits per heavy atom. The quantitative estimate of drug-likeness (QED) is 0.793. The smallest absolute Gasteiger partial charge is 0.276 e. The maximum absolute atomic E-state index is 13.1. The zero-order valence-electron chi connectivity index (χ0n) is 17.3. The van der Waals surface area contributed by atoms with E-state index in [2.05, 4.69) is 45.1 Å². The van der Waals surface area contributed by atoms with Crippen LogP contribution in [-0.4, -0.2) is 52.4 Å². The molecule has 3 saturated heterocycles. The van der Waals surface area contributed by atoms with Crippen LogP contribution in [0.3, 0.4) is 0 Å². The molecule has 0 N–H and O–H groups in total. The molecule has 0 spiro atoms. The van der Waals surface area contributed by atoms with Crippen LogP contribution in [0.25, 0.3) is 0 Å². The van der Waals surface area contributed by atoms with Gasteiger partial charge in [-0.2, -0.15) is 0 Å². The first-order valence-corrected chi connectivity index (χ1v) is 11.2. The summed E-state index contributed by atoms with van der Waals surface area (Å²) in [4.78, 5) is 22.2. The number of carbonyl (C=O) groups excluding carboxylic acids is 1. The van der Waals surface area contributed by atoms with Gasteiger partial charge in [-0.1, -0.05) is 43.7 Å². The summed E-state index contributed by atoms with van der Waals surface area (Å²) in [6.45, 7) is 4.86. The van der Waals surface area contributed by atoms with Crippen molar-refractivity contribution in [3.05, 3.63) is 53.7 Å². The molecule has 1 aromatic heterocycles. The van der Waals surface area contributed by atoms with Gasteiger partial charge in [0.15, 0.2) is 12.1 Å². The van der Waals surface area contributed by atoms with Gasteiger partial charge in [0.2, 0.25) is 0 Å². The SMILES string of the molecule is CCc1ocnc1C(=O)N1C[C@@H]2C[C@H](C1)[C@@H]1CCC[C@H](Cc3ccccc3)N1C2. The molecule has 5 nitrogen and oxygen atoms in total. The topological polar surface area (TPSA) is 49.6 Å². The second kappa shape index (κ2) is 7.94. The number of amides is 1. The number of nitrogens with zero attached hydrogens (tertiary/aromatic N) is 3. The molecular weight excluding hydrogens is 362 g/mol. The van der Waals surface area contributed by atoms with Crippen LogP contribution in [0.4, 0.5) is 0 Å². The highest BCUT2D eigenvalue weighted by Crippen LogP contribution is 2.40. The number of rotatable bonds is 4. The molecule has 0 radical (unpaired) electrons. The van der Waals surface area contributed by atoms with Gasteiger partial charge >= 0.3 is 0 Å². The molecule has 0 unspecified atom stereocenters. The van der Waals surface area contributed by atoms with Gasteiger partial charge in [-0.25, -0.2) is 4.98 Å². The van der Waals surface area contributed by atoms with Gasteiger partial charge in [0.05, 0.1) is 0 Å². The van der Waals surface area contributed by atoms with Gasteiger partial charge in [0.1, 0.15) is 5.76 Å². The zero-order valence-corrected chi connectivity index (χ0v) is 17.3. The van der Waals surface area contributed by atoms with Gasteiger partial charge < -0.3 is 9.32 Å². The van der Waals surface area contributed by atoms with E-state index in [0.29, 0.717) is 41.8 Å². The van der Waals surface area contributed by atoms with Crippen LogP contribution >= 0.6 is 0 Å². The number of fused-ring (bicyclic) bond motifs is 4.